The summed E-state index contributed by atoms with van der Waals surface area (Å²) in [5, 5.41) is 2.93. The molecule has 0 fully saturated rings. The summed E-state index contributed by atoms with van der Waals surface area (Å²) in [6, 6.07) is 11.2. The third-order valence-electron chi connectivity index (χ3n) is 5.24. The van der Waals surface area contributed by atoms with Crippen LogP contribution in [0.5, 0.6) is 5.75 Å². The van der Waals surface area contributed by atoms with Crippen LogP contribution >= 0.6 is 15.9 Å². The fourth-order valence-electron chi connectivity index (χ4n) is 3.23. The lowest BCUT2D eigenvalue weighted by Gasteiger charge is -2.29. The summed E-state index contributed by atoms with van der Waals surface area (Å²) in [7, 11) is 0. The van der Waals surface area contributed by atoms with Gasteiger partial charge in [0.15, 0.2) is 6.61 Å². The lowest BCUT2D eigenvalue weighted by molar-refractivity contribution is -0.142. The first kappa shape index (κ1) is 24.9. The SMILES string of the molecule is CCCCNC(=O)[C@@H](C)N(Cc1ccc(C)cc1)C(=O)COc1cc(C)c(Br)c(C)c1. The zero-order valence-corrected chi connectivity index (χ0v) is 20.7. The maximum atomic E-state index is 13.1. The van der Waals surface area contributed by atoms with Gasteiger partial charge < -0.3 is 15.0 Å². The molecule has 0 aromatic heterocycles. The van der Waals surface area contributed by atoms with Gasteiger partial charge in [0, 0.05) is 17.6 Å². The van der Waals surface area contributed by atoms with Crippen molar-refractivity contribution < 1.29 is 14.3 Å². The standard InChI is InChI=1S/C25H33BrN2O3/c1-6-7-12-27-25(30)20(5)28(15-21-10-8-17(2)9-11-21)23(29)16-31-22-13-18(3)24(26)19(4)14-22/h8-11,13-14,20H,6-7,12,15-16H2,1-5H3,(H,27,30)/t20-/m1/s1. The van der Waals surface area contributed by atoms with E-state index < -0.39 is 6.04 Å². The molecule has 168 valence electrons. The molecule has 0 unspecified atom stereocenters. The number of nitrogens with one attached hydrogen (secondary N) is 1. The minimum absolute atomic E-state index is 0.126. The molecule has 0 saturated carbocycles. The third-order valence-corrected chi connectivity index (χ3v) is 6.49. The molecule has 0 saturated heterocycles. The van der Waals surface area contributed by atoms with Crippen LogP contribution in [0.2, 0.25) is 0 Å². The van der Waals surface area contributed by atoms with E-state index in [1.165, 1.54) is 0 Å². The molecule has 2 aromatic carbocycles. The molecule has 0 aliphatic rings. The Hall–Kier alpha value is -2.34. The number of amides is 2. The van der Waals surface area contributed by atoms with Crippen molar-refractivity contribution in [1.29, 1.82) is 0 Å². The topological polar surface area (TPSA) is 58.6 Å². The van der Waals surface area contributed by atoms with E-state index in [4.69, 9.17) is 4.74 Å². The Balaban J connectivity index is 2.14. The Bertz CT molecular complexity index is 873. The molecule has 0 spiro atoms. The molecule has 1 atom stereocenters. The monoisotopic (exact) mass is 488 g/mol. The van der Waals surface area contributed by atoms with Gasteiger partial charge >= 0.3 is 0 Å². The van der Waals surface area contributed by atoms with Crippen molar-refractivity contribution in [1.82, 2.24) is 10.2 Å². The number of ether oxygens (including phenoxy) is 1. The molecule has 5 nitrogen and oxygen atoms in total. The second kappa shape index (κ2) is 11.9. The van der Waals surface area contributed by atoms with Crippen molar-refractivity contribution >= 4 is 27.7 Å². The van der Waals surface area contributed by atoms with Crippen LogP contribution in [-0.2, 0) is 16.1 Å². The van der Waals surface area contributed by atoms with Gasteiger partial charge in [-0.1, -0.05) is 59.1 Å². The normalized spacial score (nSPS) is 11.7. The van der Waals surface area contributed by atoms with Crippen LogP contribution in [-0.4, -0.2) is 35.9 Å². The predicted molar refractivity (Wildman–Crippen MR) is 128 cm³/mol. The van der Waals surface area contributed by atoms with E-state index in [0.717, 1.165) is 39.6 Å². The highest BCUT2D eigenvalue weighted by atomic mass is 79.9. The minimum Gasteiger partial charge on any atom is -0.484 e. The predicted octanol–water partition coefficient (Wildman–Crippen LogP) is 5.09. The van der Waals surface area contributed by atoms with Gasteiger partial charge in [-0.15, -0.1) is 0 Å². The van der Waals surface area contributed by atoms with Gasteiger partial charge in [-0.2, -0.15) is 0 Å². The van der Waals surface area contributed by atoms with E-state index in [0.29, 0.717) is 18.8 Å². The number of halogens is 1. The van der Waals surface area contributed by atoms with Gasteiger partial charge in [-0.05, 0) is 62.9 Å². The minimum atomic E-state index is -0.595. The second-order valence-electron chi connectivity index (χ2n) is 7.99. The molecule has 2 rings (SSSR count). The summed E-state index contributed by atoms with van der Waals surface area (Å²) in [6.07, 6.45) is 1.91. The number of aryl methyl sites for hydroxylation is 3. The summed E-state index contributed by atoms with van der Waals surface area (Å²) in [4.78, 5) is 27.4. The number of nitrogens with zero attached hydrogens (tertiary/aromatic N) is 1. The number of unbranched alkanes of at least 4 members (excludes halogenated alkanes) is 1. The smallest absolute Gasteiger partial charge is 0.261 e. The molecule has 0 bridgehead atoms. The third kappa shape index (κ3) is 7.39. The molecule has 0 aliphatic heterocycles. The van der Waals surface area contributed by atoms with Crippen molar-refractivity contribution in [2.24, 2.45) is 0 Å². The van der Waals surface area contributed by atoms with Gasteiger partial charge in [0.1, 0.15) is 11.8 Å². The van der Waals surface area contributed by atoms with Gasteiger partial charge in [0.05, 0.1) is 0 Å². The lowest BCUT2D eigenvalue weighted by atomic mass is 10.1. The van der Waals surface area contributed by atoms with E-state index >= 15 is 0 Å². The number of carbonyl (C=O) groups excluding carboxylic acids is 2. The number of rotatable bonds is 10. The highest BCUT2D eigenvalue weighted by Gasteiger charge is 2.26. The first-order valence-electron chi connectivity index (χ1n) is 10.7. The zero-order valence-electron chi connectivity index (χ0n) is 19.1. The number of hydrogen-bond donors (Lipinski definition) is 1. The Morgan fingerprint density at radius 2 is 1.71 bits per heavy atom. The summed E-state index contributed by atoms with van der Waals surface area (Å²) in [5.74, 6) is 0.267. The number of hydrogen-bond acceptors (Lipinski definition) is 3. The second-order valence-corrected chi connectivity index (χ2v) is 8.78. The van der Waals surface area contributed by atoms with Gasteiger partial charge in [-0.3, -0.25) is 9.59 Å². The van der Waals surface area contributed by atoms with E-state index in [-0.39, 0.29) is 18.4 Å². The van der Waals surface area contributed by atoms with Crippen molar-refractivity contribution in [2.75, 3.05) is 13.2 Å². The maximum Gasteiger partial charge on any atom is 0.261 e. The van der Waals surface area contributed by atoms with Crippen LogP contribution < -0.4 is 10.1 Å². The Morgan fingerprint density at radius 1 is 1.10 bits per heavy atom. The molecule has 2 aromatic rings. The summed E-state index contributed by atoms with van der Waals surface area (Å²) in [6.45, 7) is 10.7. The van der Waals surface area contributed by atoms with Crippen LogP contribution in [0.15, 0.2) is 40.9 Å². The quantitative estimate of drug-likeness (QED) is 0.474. The van der Waals surface area contributed by atoms with E-state index in [9.17, 15) is 9.59 Å². The highest BCUT2D eigenvalue weighted by molar-refractivity contribution is 9.10. The van der Waals surface area contributed by atoms with Crippen LogP contribution in [0.3, 0.4) is 0 Å². The van der Waals surface area contributed by atoms with Crippen LogP contribution in [0, 0.1) is 20.8 Å². The highest BCUT2D eigenvalue weighted by Crippen LogP contribution is 2.26. The Kier molecular flexibility index (Phi) is 9.56. The molecule has 0 radical (unpaired) electrons. The van der Waals surface area contributed by atoms with Crippen LogP contribution in [0.1, 0.15) is 48.9 Å². The van der Waals surface area contributed by atoms with Crippen molar-refractivity contribution in [2.45, 2.75) is 60.0 Å². The molecule has 1 N–H and O–H groups in total. The summed E-state index contributed by atoms with van der Waals surface area (Å²) >= 11 is 3.54. The van der Waals surface area contributed by atoms with Crippen molar-refractivity contribution in [3.05, 3.63) is 63.1 Å². The summed E-state index contributed by atoms with van der Waals surface area (Å²) in [5.41, 5.74) is 4.21. The molecule has 31 heavy (non-hydrogen) atoms. The molecule has 2 amide bonds. The molecule has 6 heteroatoms. The molecule has 0 heterocycles. The number of carbonyl (C=O) groups is 2. The fraction of sp³-hybridized carbons (Fsp3) is 0.440. The molecular formula is C25H33BrN2O3. The van der Waals surface area contributed by atoms with Crippen molar-refractivity contribution in [3.8, 4) is 5.75 Å². The van der Waals surface area contributed by atoms with E-state index in [1.807, 2.05) is 57.2 Å². The molecule has 0 aliphatic carbocycles. The zero-order chi connectivity index (χ0) is 23.0. The van der Waals surface area contributed by atoms with E-state index in [2.05, 4.69) is 28.2 Å². The average Bonchev–Trinajstić information content (AvgIpc) is 2.74. The summed E-state index contributed by atoms with van der Waals surface area (Å²) < 4.78 is 6.84. The first-order valence-corrected chi connectivity index (χ1v) is 11.5. The number of benzene rings is 2. The molecular weight excluding hydrogens is 456 g/mol. The van der Waals surface area contributed by atoms with Gasteiger partial charge in [0.2, 0.25) is 5.91 Å². The largest absolute Gasteiger partial charge is 0.484 e. The maximum absolute atomic E-state index is 13.1. The average molecular weight is 489 g/mol. The Labute approximate surface area is 194 Å². The van der Waals surface area contributed by atoms with Gasteiger partial charge in [0.25, 0.3) is 5.91 Å². The fourth-order valence-corrected chi connectivity index (χ4v) is 3.46. The van der Waals surface area contributed by atoms with Crippen LogP contribution in [0.4, 0.5) is 0 Å². The lowest BCUT2D eigenvalue weighted by Crippen LogP contribution is -2.49. The first-order chi connectivity index (χ1) is 14.7. The Morgan fingerprint density at radius 3 is 2.29 bits per heavy atom. The van der Waals surface area contributed by atoms with Gasteiger partial charge in [-0.25, -0.2) is 0 Å². The van der Waals surface area contributed by atoms with Crippen molar-refractivity contribution in [3.63, 3.8) is 0 Å². The van der Waals surface area contributed by atoms with Crippen LogP contribution in [0.25, 0.3) is 0 Å². The van der Waals surface area contributed by atoms with E-state index in [1.54, 1.807) is 11.8 Å².